The molecule has 0 saturated heterocycles. The second kappa shape index (κ2) is 6.64. The van der Waals surface area contributed by atoms with Gasteiger partial charge in [-0.25, -0.2) is 4.79 Å². The van der Waals surface area contributed by atoms with Crippen molar-refractivity contribution >= 4 is 5.97 Å². The minimum atomic E-state index is -0.343. The van der Waals surface area contributed by atoms with Crippen LogP contribution in [-0.2, 0) is 19.0 Å². The summed E-state index contributed by atoms with van der Waals surface area (Å²) in [4.78, 5) is 11.4. The van der Waals surface area contributed by atoms with E-state index in [0.29, 0.717) is 24.4 Å². The van der Waals surface area contributed by atoms with E-state index in [1.165, 1.54) is 18.6 Å². The van der Waals surface area contributed by atoms with Crippen molar-refractivity contribution in [3.63, 3.8) is 0 Å². The third kappa shape index (κ3) is 3.06. The van der Waals surface area contributed by atoms with Gasteiger partial charge in [0.05, 0.1) is 12.5 Å². The normalized spacial score (nSPS) is 32.2. The number of fused-ring (bicyclic) bond motifs is 2. The van der Waals surface area contributed by atoms with Crippen LogP contribution in [0.4, 0.5) is 0 Å². The lowest BCUT2D eigenvalue weighted by molar-refractivity contribution is -0.148. The Morgan fingerprint density at radius 3 is 2.60 bits per heavy atom. The summed E-state index contributed by atoms with van der Waals surface area (Å²) in [5.41, 5.74) is 0. The van der Waals surface area contributed by atoms with Crippen molar-refractivity contribution in [3.05, 3.63) is 38.3 Å². The molecule has 0 amide bonds. The zero-order chi connectivity index (χ0) is 14.5. The van der Waals surface area contributed by atoms with Crippen LogP contribution < -0.4 is 0 Å². The van der Waals surface area contributed by atoms with Gasteiger partial charge in [-0.3, -0.25) is 0 Å². The van der Waals surface area contributed by atoms with Crippen LogP contribution in [0.25, 0.3) is 0 Å². The Morgan fingerprint density at radius 1 is 1.20 bits per heavy atom. The van der Waals surface area contributed by atoms with E-state index in [-0.39, 0.29) is 18.2 Å². The van der Waals surface area contributed by atoms with Crippen LogP contribution in [0, 0.1) is 17.8 Å². The molecule has 0 N–H and O–H groups in total. The Labute approximate surface area is 120 Å². The first kappa shape index (κ1) is 14.7. The van der Waals surface area contributed by atoms with E-state index in [4.69, 9.17) is 14.2 Å². The van der Waals surface area contributed by atoms with Crippen LogP contribution in [0.2, 0.25) is 0 Å². The third-order valence-corrected chi connectivity index (χ3v) is 4.37. The standard InChI is InChI=1S/C16H22O4/c1-4-16(17)20-14-9-11-7-12(14)13(8-11)15(19-6-3)10-18-5-2/h4-6,11-15H,1-3,7-10H2. The van der Waals surface area contributed by atoms with Gasteiger partial charge in [0, 0.05) is 17.9 Å². The van der Waals surface area contributed by atoms with Crippen molar-refractivity contribution in [1.82, 2.24) is 0 Å². The minimum Gasteiger partial charge on any atom is -0.498 e. The summed E-state index contributed by atoms with van der Waals surface area (Å²) in [6, 6.07) is 0. The van der Waals surface area contributed by atoms with Crippen molar-refractivity contribution in [1.29, 1.82) is 0 Å². The fourth-order valence-corrected chi connectivity index (χ4v) is 3.65. The molecular weight excluding hydrogens is 256 g/mol. The Balaban J connectivity index is 2.00. The van der Waals surface area contributed by atoms with Crippen molar-refractivity contribution < 1.29 is 19.0 Å². The second-order valence-corrected chi connectivity index (χ2v) is 5.42. The highest BCUT2D eigenvalue weighted by Gasteiger charge is 2.51. The van der Waals surface area contributed by atoms with Crippen LogP contribution in [0.5, 0.6) is 0 Å². The summed E-state index contributed by atoms with van der Waals surface area (Å²) in [7, 11) is 0. The van der Waals surface area contributed by atoms with Gasteiger partial charge < -0.3 is 14.2 Å². The third-order valence-electron chi connectivity index (χ3n) is 4.37. The van der Waals surface area contributed by atoms with Crippen molar-refractivity contribution in [2.45, 2.75) is 31.5 Å². The lowest BCUT2D eigenvalue weighted by Gasteiger charge is -2.33. The van der Waals surface area contributed by atoms with Crippen LogP contribution in [-0.4, -0.2) is 24.8 Å². The molecule has 2 aliphatic carbocycles. The summed E-state index contributed by atoms with van der Waals surface area (Å²) >= 11 is 0. The highest BCUT2D eigenvalue weighted by molar-refractivity contribution is 5.81. The molecule has 5 atom stereocenters. The Bertz CT molecular complexity index is 390. The number of hydrogen-bond acceptors (Lipinski definition) is 4. The van der Waals surface area contributed by atoms with E-state index in [0.717, 1.165) is 19.3 Å². The van der Waals surface area contributed by atoms with E-state index in [1.807, 2.05) is 0 Å². The van der Waals surface area contributed by atoms with E-state index in [9.17, 15) is 4.79 Å². The zero-order valence-corrected chi connectivity index (χ0v) is 11.7. The summed E-state index contributed by atoms with van der Waals surface area (Å²) < 4.78 is 16.3. The molecule has 4 heteroatoms. The minimum absolute atomic E-state index is 0.0242. The summed E-state index contributed by atoms with van der Waals surface area (Å²) in [6.45, 7) is 11.1. The van der Waals surface area contributed by atoms with Gasteiger partial charge >= 0.3 is 5.97 Å². The molecule has 2 aliphatic rings. The van der Waals surface area contributed by atoms with Gasteiger partial charge in [-0.05, 0) is 25.2 Å². The number of esters is 1. The molecule has 2 saturated carbocycles. The number of hydrogen-bond donors (Lipinski definition) is 0. The number of ether oxygens (including phenoxy) is 3. The van der Waals surface area contributed by atoms with Crippen LogP contribution >= 0.6 is 0 Å². The maximum absolute atomic E-state index is 11.4. The van der Waals surface area contributed by atoms with E-state index in [2.05, 4.69) is 19.7 Å². The van der Waals surface area contributed by atoms with Gasteiger partial charge in [0.25, 0.3) is 0 Å². The lowest BCUT2D eigenvalue weighted by Crippen LogP contribution is -2.38. The predicted octanol–water partition coefficient (Wildman–Crippen LogP) is 2.82. The summed E-state index contributed by atoms with van der Waals surface area (Å²) in [5.74, 6) is 0.925. The van der Waals surface area contributed by atoms with Crippen LogP contribution in [0.15, 0.2) is 38.3 Å². The number of carbonyl (C=O) groups is 1. The molecule has 0 spiro atoms. The lowest BCUT2D eigenvalue weighted by atomic mass is 9.83. The quantitative estimate of drug-likeness (QED) is 0.389. The molecule has 0 aromatic rings. The largest absolute Gasteiger partial charge is 0.498 e. The van der Waals surface area contributed by atoms with E-state index >= 15 is 0 Å². The molecule has 20 heavy (non-hydrogen) atoms. The maximum atomic E-state index is 11.4. The molecule has 2 rings (SSSR count). The molecule has 5 unspecified atom stereocenters. The average Bonchev–Trinajstić information content (AvgIpc) is 3.03. The zero-order valence-electron chi connectivity index (χ0n) is 11.7. The van der Waals surface area contributed by atoms with Gasteiger partial charge in [-0.2, -0.15) is 0 Å². The smallest absolute Gasteiger partial charge is 0.330 e. The van der Waals surface area contributed by atoms with Crippen LogP contribution in [0.1, 0.15) is 19.3 Å². The highest BCUT2D eigenvalue weighted by Crippen LogP contribution is 2.51. The monoisotopic (exact) mass is 278 g/mol. The first-order valence-corrected chi connectivity index (χ1v) is 7.01. The number of rotatable bonds is 8. The highest BCUT2D eigenvalue weighted by atomic mass is 16.5. The molecule has 0 aromatic heterocycles. The second-order valence-electron chi connectivity index (χ2n) is 5.42. The molecule has 0 aliphatic heterocycles. The topological polar surface area (TPSA) is 44.8 Å². The first-order chi connectivity index (χ1) is 9.69. The molecule has 0 radical (unpaired) electrons. The van der Waals surface area contributed by atoms with Gasteiger partial charge in [0.1, 0.15) is 18.8 Å². The molecule has 0 heterocycles. The van der Waals surface area contributed by atoms with Gasteiger partial charge in [0.15, 0.2) is 0 Å². The first-order valence-electron chi connectivity index (χ1n) is 7.01. The predicted molar refractivity (Wildman–Crippen MR) is 75.6 cm³/mol. The van der Waals surface area contributed by atoms with Gasteiger partial charge in [0.2, 0.25) is 0 Å². The Morgan fingerprint density at radius 2 is 2.00 bits per heavy atom. The average molecular weight is 278 g/mol. The summed E-state index contributed by atoms with van der Waals surface area (Å²) in [6.07, 6.45) is 7.13. The van der Waals surface area contributed by atoms with Crippen LogP contribution in [0.3, 0.4) is 0 Å². The SMILES string of the molecule is C=COCC(OC=C)C1CC2CC(OC(=O)C=C)C1C2. The number of carbonyl (C=O) groups excluding carboxylic acids is 1. The fraction of sp³-hybridized carbons (Fsp3) is 0.562. The van der Waals surface area contributed by atoms with E-state index in [1.54, 1.807) is 0 Å². The summed E-state index contributed by atoms with van der Waals surface area (Å²) in [5, 5.41) is 0. The molecule has 110 valence electrons. The van der Waals surface area contributed by atoms with E-state index < -0.39 is 0 Å². The molecule has 2 bridgehead atoms. The Kier molecular flexibility index (Phi) is 4.88. The van der Waals surface area contributed by atoms with Crippen molar-refractivity contribution in [3.8, 4) is 0 Å². The molecule has 4 nitrogen and oxygen atoms in total. The maximum Gasteiger partial charge on any atom is 0.330 e. The van der Waals surface area contributed by atoms with Gasteiger partial charge in [-0.1, -0.05) is 19.7 Å². The fourth-order valence-electron chi connectivity index (χ4n) is 3.65. The Hall–Kier alpha value is -1.71. The molecule has 2 fully saturated rings. The van der Waals surface area contributed by atoms with Crippen molar-refractivity contribution in [2.75, 3.05) is 6.61 Å². The molecule has 0 aromatic carbocycles. The molecular formula is C16H22O4. The van der Waals surface area contributed by atoms with Crippen molar-refractivity contribution in [2.24, 2.45) is 17.8 Å². The van der Waals surface area contributed by atoms with Gasteiger partial charge in [-0.15, -0.1) is 0 Å².